The fraction of sp³-hybridized carbons (Fsp3) is 0.333. The molecule has 0 bridgehead atoms. The SMILES string of the molecule is CC(O)c1c(Br)ccc(S(C)(=O)=O)c1F. The van der Waals surface area contributed by atoms with Gasteiger partial charge in [-0.3, -0.25) is 0 Å². The number of aliphatic hydroxyl groups is 1. The van der Waals surface area contributed by atoms with Gasteiger partial charge in [0.2, 0.25) is 0 Å². The Balaban J connectivity index is 3.56. The minimum absolute atomic E-state index is 0.0436. The molecule has 0 saturated heterocycles. The Morgan fingerprint density at radius 3 is 2.40 bits per heavy atom. The van der Waals surface area contributed by atoms with E-state index >= 15 is 0 Å². The van der Waals surface area contributed by atoms with Crippen LogP contribution in [0.4, 0.5) is 4.39 Å². The lowest BCUT2D eigenvalue weighted by molar-refractivity contribution is 0.192. The lowest BCUT2D eigenvalue weighted by Gasteiger charge is -2.11. The average molecular weight is 297 g/mol. The van der Waals surface area contributed by atoms with Crippen LogP contribution in [0.5, 0.6) is 0 Å². The summed E-state index contributed by atoms with van der Waals surface area (Å²) in [5.41, 5.74) is -0.0436. The first-order valence-electron chi connectivity index (χ1n) is 4.11. The lowest BCUT2D eigenvalue weighted by atomic mass is 10.1. The van der Waals surface area contributed by atoms with Gasteiger partial charge in [-0.1, -0.05) is 15.9 Å². The number of benzene rings is 1. The number of hydrogen-bond donors (Lipinski definition) is 1. The van der Waals surface area contributed by atoms with Crippen LogP contribution in [0.2, 0.25) is 0 Å². The lowest BCUT2D eigenvalue weighted by Crippen LogP contribution is -2.06. The number of sulfone groups is 1. The summed E-state index contributed by atoms with van der Waals surface area (Å²) in [6, 6.07) is 2.57. The van der Waals surface area contributed by atoms with Crippen LogP contribution in [0.15, 0.2) is 21.5 Å². The van der Waals surface area contributed by atoms with Crippen molar-refractivity contribution in [2.75, 3.05) is 6.26 Å². The molecule has 84 valence electrons. The van der Waals surface area contributed by atoms with Crippen LogP contribution >= 0.6 is 15.9 Å². The van der Waals surface area contributed by atoms with Crippen molar-refractivity contribution in [1.29, 1.82) is 0 Å². The summed E-state index contributed by atoms with van der Waals surface area (Å²) in [6.45, 7) is 1.37. The number of halogens is 2. The first kappa shape index (κ1) is 12.6. The minimum Gasteiger partial charge on any atom is -0.389 e. The molecule has 0 fully saturated rings. The van der Waals surface area contributed by atoms with Crippen LogP contribution in [0, 0.1) is 5.82 Å². The van der Waals surface area contributed by atoms with Gasteiger partial charge in [0.25, 0.3) is 0 Å². The zero-order chi connectivity index (χ0) is 11.8. The summed E-state index contributed by atoms with van der Waals surface area (Å²) in [5.74, 6) is -0.901. The molecule has 0 spiro atoms. The Hall–Kier alpha value is -0.460. The third-order valence-electron chi connectivity index (χ3n) is 1.91. The topological polar surface area (TPSA) is 54.4 Å². The smallest absolute Gasteiger partial charge is 0.178 e. The highest BCUT2D eigenvalue weighted by Crippen LogP contribution is 2.30. The van der Waals surface area contributed by atoms with Crippen molar-refractivity contribution in [3.8, 4) is 0 Å². The van der Waals surface area contributed by atoms with E-state index in [9.17, 15) is 17.9 Å². The maximum atomic E-state index is 13.7. The Bertz CT molecular complexity index is 482. The van der Waals surface area contributed by atoms with Gasteiger partial charge in [0, 0.05) is 16.3 Å². The van der Waals surface area contributed by atoms with E-state index in [2.05, 4.69) is 15.9 Å². The van der Waals surface area contributed by atoms with Gasteiger partial charge in [-0.05, 0) is 19.1 Å². The molecule has 0 heterocycles. The standard InChI is InChI=1S/C9H10BrFO3S/c1-5(12)8-6(10)3-4-7(9(8)11)15(2,13)14/h3-5,12H,1-2H3. The Morgan fingerprint density at radius 2 is 2.00 bits per heavy atom. The van der Waals surface area contributed by atoms with Crippen LogP contribution in [-0.4, -0.2) is 19.8 Å². The Kier molecular flexibility index (Phi) is 3.52. The monoisotopic (exact) mass is 296 g/mol. The summed E-state index contributed by atoms with van der Waals surface area (Å²) in [4.78, 5) is -0.401. The number of rotatable bonds is 2. The maximum Gasteiger partial charge on any atom is 0.178 e. The predicted molar refractivity (Wildman–Crippen MR) is 57.8 cm³/mol. The molecule has 0 aliphatic rings. The van der Waals surface area contributed by atoms with E-state index in [-0.39, 0.29) is 5.56 Å². The third kappa shape index (κ3) is 2.56. The summed E-state index contributed by atoms with van der Waals surface area (Å²) >= 11 is 3.05. The second-order valence-corrected chi connectivity index (χ2v) is 6.06. The van der Waals surface area contributed by atoms with E-state index in [4.69, 9.17) is 0 Å². The van der Waals surface area contributed by atoms with Crippen LogP contribution in [0.3, 0.4) is 0 Å². The van der Waals surface area contributed by atoms with Crippen molar-refractivity contribution in [2.45, 2.75) is 17.9 Å². The van der Waals surface area contributed by atoms with Crippen LogP contribution < -0.4 is 0 Å². The van der Waals surface area contributed by atoms with Crippen molar-refractivity contribution in [3.05, 3.63) is 28.0 Å². The molecule has 6 heteroatoms. The Morgan fingerprint density at radius 1 is 1.47 bits per heavy atom. The molecule has 0 aliphatic heterocycles. The molecule has 0 amide bonds. The molecule has 0 radical (unpaired) electrons. The van der Waals surface area contributed by atoms with E-state index in [1.807, 2.05) is 0 Å². The zero-order valence-corrected chi connectivity index (χ0v) is 10.6. The molecular formula is C9H10BrFO3S. The average Bonchev–Trinajstić information content (AvgIpc) is 2.00. The van der Waals surface area contributed by atoms with Gasteiger partial charge in [-0.25, -0.2) is 12.8 Å². The Labute approximate surface area is 96.0 Å². The highest BCUT2D eigenvalue weighted by atomic mass is 79.9. The molecule has 1 atom stereocenters. The molecule has 1 rings (SSSR count). The molecule has 0 aromatic heterocycles. The van der Waals surface area contributed by atoms with Gasteiger partial charge in [0.1, 0.15) is 10.7 Å². The van der Waals surface area contributed by atoms with Crippen LogP contribution in [0.25, 0.3) is 0 Å². The summed E-state index contributed by atoms with van der Waals surface area (Å²) in [7, 11) is -3.61. The summed E-state index contributed by atoms with van der Waals surface area (Å²) in [5, 5.41) is 9.31. The fourth-order valence-electron chi connectivity index (χ4n) is 1.22. The molecule has 15 heavy (non-hydrogen) atoms. The summed E-state index contributed by atoms with van der Waals surface area (Å²) < 4.78 is 36.5. The molecule has 1 aromatic carbocycles. The highest BCUT2D eigenvalue weighted by Gasteiger charge is 2.21. The van der Waals surface area contributed by atoms with Crippen molar-refractivity contribution < 1.29 is 17.9 Å². The maximum absolute atomic E-state index is 13.7. The van der Waals surface area contributed by atoms with Gasteiger partial charge in [-0.15, -0.1) is 0 Å². The van der Waals surface area contributed by atoms with Gasteiger partial charge >= 0.3 is 0 Å². The predicted octanol–water partition coefficient (Wildman–Crippen LogP) is 2.04. The molecule has 1 aromatic rings. The van der Waals surface area contributed by atoms with Crippen molar-refractivity contribution in [2.24, 2.45) is 0 Å². The van der Waals surface area contributed by atoms with E-state index in [0.717, 1.165) is 6.26 Å². The molecule has 0 aliphatic carbocycles. The van der Waals surface area contributed by atoms with Crippen LogP contribution in [0.1, 0.15) is 18.6 Å². The first-order chi connectivity index (χ1) is 6.75. The number of hydrogen-bond acceptors (Lipinski definition) is 3. The molecule has 3 nitrogen and oxygen atoms in total. The van der Waals surface area contributed by atoms with Gasteiger partial charge < -0.3 is 5.11 Å². The van der Waals surface area contributed by atoms with E-state index in [1.165, 1.54) is 19.1 Å². The third-order valence-corrected chi connectivity index (χ3v) is 3.71. The molecule has 0 saturated carbocycles. The van der Waals surface area contributed by atoms with Gasteiger partial charge in [0.05, 0.1) is 6.10 Å². The van der Waals surface area contributed by atoms with E-state index < -0.39 is 26.7 Å². The second-order valence-electron chi connectivity index (χ2n) is 3.22. The van der Waals surface area contributed by atoms with E-state index in [1.54, 1.807) is 0 Å². The van der Waals surface area contributed by atoms with Gasteiger partial charge in [0.15, 0.2) is 9.84 Å². The number of aliphatic hydroxyl groups excluding tert-OH is 1. The molecule has 1 unspecified atom stereocenters. The van der Waals surface area contributed by atoms with Gasteiger partial charge in [-0.2, -0.15) is 0 Å². The normalized spacial score (nSPS) is 13.9. The fourth-order valence-corrected chi connectivity index (χ4v) is 2.61. The zero-order valence-electron chi connectivity index (χ0n) is 8.16. The quantitative estimate of drug-likeness (QED) is 0.909. The highest BCUT2D eigenvalue weighted by molar-refractivity contribution is 9.10. The molecular weight excluding hydrogens is 287 g/mol. The first-order valence-corrected chi connectivity index (χ1v) is 6.79. The van der Waals surface area contributed by atoms with E-state index in [0.29, 0.717) is 4.47 Å². The summed E-state index contributed by atoms with van der Waals surface area (Å²) in [6.07, 6.45) is -0.147. The van der Waals surface area contributed by atoms with Crippen molar-refractivity contribution in [3.63, 3.8) is 0 Å². The van der Waals surface area contributed by atoms with Crippen molar-refractivity contribution >= 4 is 25.8 Å². The molecule has 1 N–H and O–H groups in total. The minimum atomic E-state index is -3.61. The largest absolute Gasteiger partial charge is 0.389 e. The van der Waals surface area contributed by atoms with Crippen molar-refractivity contribution in [1.82, 2.24) is 0 Å². The second kappa shape index (κ2) is 4.19. The van der Waals surface area contributed by atoms with Crippen LogP contribution in [-0.2, 0) is 9.84 Å².